The maximum absolute atomic E-state index is 13.0. The number of halogens is 3. The summed E-state index contributed by atoms with van der Waals surface area (Å²) in [6.07, 6.45) is 0.242. The molecule has 0 N–H and O–H groups in total. The molecule has 0 atom stereocenters. The van der Waals surface area contributed by atoms with E-state index in [2.05, 4.69) is 15.9 Å². The van der Waals surface area contributed by atoms with Gasteiger partial charge in [-0.2, -0.15) is 5.26 Å². The van der Waals surface area contributed by atoms with Crippen LogP contribution in [0.1, 0.15) is 5.56 Å². The first-order valence-electron chi connectivity index (χ1n) is 3.15. The van der Waals surface area contributed by atoms with E-state index in [1.807, 2.05) is 28.7 Å². The molecule has 0 heterocycles. The Morgan fingerprint density at radius 2 is 2.25 bits per heavy atom. The zero-order valence-corrected chi connectivity index (χ0v) is 9.69. The molecule has 1 aromatic rings. The highest BCUT2D eigenvalue weighted by atomic mass is 127. The first-order chi connectivity index (χ1) is 5.65. The monoisotopic (exact) mass is 339 g/mol. The van der Waals surface area contributed by atoms with Crippen LogP contribution in [-0.2, 0) is 6.42 Å². The molecular formula is C8H4BrFIN. The minimum atomic E-state index is -0.282. The van der Waals surface area contributed by atoms with Crippen LogP contribution in [0.3, 0.4) is 0 Å². The van der Waals surface area contributed by atoms with Gasteiger partial charge in [-0.3, -0.25) is 0 Å². The van der Waals surface area contributed by atoms with Crippen LogP contribution in [0.25, 0.3) is 0 Å². The molecule has 0 aliphatic carbocycles. The molecule has 0 aromatic heterocycles. The Morgan fingerprint density at radius 3 is 2.75 bits per heavy atom. The quantitative estimate of drug-likeness (QED) is 0.569. The van der Waals surface area contributed by atoms with E-state index in [-0.39, 0.29) is 12.2 Å². The minimum Gasteiger partial charge on any atom is -0.206 e. The molecule has 0 amide bonds. The molecule has 1 aromatic carbocycles. The molecule has 0 saturated heterocycles. The Hall–Kier alpha value is -0.150. The van der Waals surface area contributed by atoms with E-state index in [0.29, 0.717) is 13.6 Å². The molecule has 0 bridgehead atoms. The van der Waals surface area contributed by atoms with Crippen LogP contribution in [0.4, 0.5) is 4.39 Å². The molecule has 0 saturated carbocycles. The van der Waals surface area contributed by atoms with E-state index in [0.717, 1.165) is 0 Å². The number of rotatable bonds is 1. The molecule has 0 fully saturated rings. The third kappa shape index (κ3) is 2.17. The van der Waals surface area contributed by atoms with Gasteiger partial charge in [0.15, 0.2) is 0 Å². The van der Waals surface area contributed by atoms with Crippen molar-refractivity contribution in [3.05, 3.63) is 31.6 Å². The lowest BCUT2D eigenvalue weighted by Gasteiger charge is -2.00. The summed E-state index contributed by atoms with van der Waals surface area (Å²) in [5.74, 6) is -0.282. The highest BCUT2D eigenvalue weighted by Crippen LogP contribution is 2.23. The summed E-state index contributed by atoms with van der Waals surface area (Å²) < 4.78 is 14.3. The second kappa shape index (κ2) is 4.19. The van der Waals surface area contributed by atoms with Gasteiger partial charge in [0, 0.05) is 4.47 Å². The van der Waals surface area contributed by atoms with E-state index in [1.165, 1.54) is 6.07 Å². The second-order valence-corrected chi connectivity index (χ2v) is 4.14. The van der Waals surface area contributed by atoms with Crippen molar-refractivity contribution in [3.63, 3.8) is 0 Å². The Balaban J connectivity index is 3.14. The van der Waals surface area contributed by atoms with Gasteiger partial charge in [0.05, 0.1) is 16.1 Å². The van der Waals surface area contributed by atoms with Crippen molar-refractivity contribution in [2.24, 2.45) is 0 Å². The molecular weight excluding hydrogens is 336 g/mol. The fraction of sp³-hybridized carbons (Fsp3) is 0.125. The molecule has 4 heteroatoms. The third-order valence-corrected chi connectivity index (χ3v) is 3.79. The van der Waals surface area contributed by atoms with Gasteiger partial charge >= 0.3 is 0 Å². The van der Waals surface area contributed by atoms with Gasteiger partial charge in [0.1, 0.15) is 5.82 Å². The highest BCUT2D eigenvalue weighted by molar-refractivity contribution is 14.1. The standard InChI is InChI=1S/C8H4BrFIN/c9-6-3-5(1-2-12)4-7(10)8(6)11/h3-4H,1H2. The number of hydrogen-bond donors (Lipinski definition) is 0. The second-order valence-electron chi connectivity index (χ2n) is 2.21. The fourth-order valence-electron chi connectivity index (χ4n) is 0.801. The number of benzene rings is 1. The van der Waals surface area contributed by atoms with E-state index < -0.39 is 0 Å². The molecule has 0 unspecified atom stereocenters. The molecule has 0 spiro atoms. The number of hydrogen-bond acceptors (Lipinski definition) is 1. The Labute approximate surface area is 91.8 Å². The van der Waals surface area contributed by atoms with Crippen molar-refractivity contribution >= 4 is 38.5 Å². The zero-order valence-electron chi connectivity index (χ0n) is 5.94. The van der Waals surface area contributed by atoms with Gasteiger partial charge in [-0.05, 0) is 56.2 Å². The van der Waals surface area contributed by atoms with E-state index in [9.17, 15) is 4.39 Å². The molecule has 0 radical (unpaired) electrons. The lowest BCUT2D eigenvalue weighted by Crippen LogP contribution is -1.89. The Kier molecular flexibility index (Phi) is 3.47. The highest BCUT2D eigenvalue weighted by Gasteiger charge is 2.05. The fourth-order valence-corrected chi connectivity index (χ4v) is 1.60. The van der Waals surface area contributed by atoms with E-state index in [4.69, 9.17) is 5.26 Å². The summed E-state index contributed by atoms with van der Waals surface area (Å²) in [5, 5.41) is 8.38. The molecule has 0 aliphatic rings. The molecule has 12 heavy (non-hydrogen) atoms. The van der Waals surface area contributed by atoms with Gasteiger partial charge in [-0.15, -0.1) is 0 Å². The van der Waals surface area contributed by atoms with Gasteiger partial charge in [0.2, 0.25) is 0 Å². The Bertz CT molecular complexity index is 322. The van der Waals surface area contributed by atoms with Gasteiger partial charge < -0.3 is 0 Å². The normalized spacial score (nSPS) is 9.50. The summed E-state index contributed by atoms with van der Waals surface area (Å²) in [6.45, 7) is 0. The topological polar surface area (TPSA) is 23.8 Å². The first kappa shape index (κ1) is 9.93. The van der Waals surface area contributed by atoms with Gasteiger partial charge in [-0.1, -0.05) is 0 Å². The van der Waals surface area contributed by atoms with Gasteiger partial charge in [-0.25, -0.2) is 4.39 Å². The predicted molar refractivity (Wildman–Crippen MR) is 56.1 cm³/mol. The summed E-state index contributed by atoms with van der Waals surface area (Å²) >= 11 is 5.12. The predicted octanol–water partition coefficient (Wildman–Crippen LogP) is 3.26. The van der Waals surface area contributed by atoms with E-state index >= 15 is 0 Å². The van der Waals surface area contributed by atoms with Crippen LogP contribution in [0.2, 0.25) is 0 Å². The van der Waals surface area contributed by atoms with Crippen molar-refractivity contribution in [2.45, 2.75) is 6.42 Å². The van der Waals surface area contributed by atoms with Gasteiger partial charge in [0.25, 0.3) is 0 Å². The summed E-state index contributed by atoms with van der Waals surface area (Å²) in [7, 11) is 0. The molecule has 1 rings (SSSR count). The van der Waals surface area contributed by atoms with Crippen LogP contribution in [0.5, 0.6) is 0 Å². The van der Waals surface area contributed by atoms with Crippen LogP contribution in [0, 0.1) is 20.7 Å². The summed E-state index contributed by atoms with van der Waals surface area (Å²) in [4.78, 5) is 0. The average Bonchev–Trinajstić information content (AvgIpc) is 2.01. The Morgan fingerprint density at radius 1 is 1.58 bits per heavy atom. The SMILES string of the molecule is N#CCc1cc(F)c(I)c(Br)c1. The van der Waals surface area contributed by atoms with Crippen molar-refractivity contribution < 1.29 is 4.39 Å². The lowest BCUT2D eigenvalue weighted by molar-refractivity contribution is 0.617. The minimum absolute atomic E-state index is 0.242. The average molecular weight is 340 g/mol. The van der Waals surface area contributed by atoms with Crippen molar-refractivity contribution in [2.75, 3.05) is 0 Å². The van der Waals surface area contributed by atoms with E-state index in [1.54, 1.807) is 6.07 Å². The maximum Gasteiger partial charge on any atom is 0.137 e. The first-order valence-corrected chi connectivity index (χ1v) is 5.02. The molecule has 62 valence electrons. The van der Waals surface area contributed by atoms with Crippen molar-refractivity contribution in [3.8, 4) is 6.07 Å². The van der Waals surface area contributed by atoms with Crippen molar-refractivity contribution in [1.29, 1.82) is 5.26 Å². The third-order valence-electron chi connectivity index (χ3n) is 1.33. The lowest BCUT2D eigenvalue weighted by atomic mass is 10.2. The van der Waals surface area contributed by atoms with Crippen LogP contribution in [0.15, 0.2) is 16.6 Å². The summed E-state index contributed by atoms with van der Waals surface area (Å²) in [6, 6.07) is 5.11. The number of nitrogens with zero attached hydrogens (tertiary/aromatic N) is 1. The maximum atomic E-state index is 13.0. The summed E-state index contributed by atoms with van der Waals surface area (Å²) in [5.41, 5.74) is 0.697. The smallest absolute Gasteiger partial charge is 0.137 e. The van der Waals surface area contributed by atoms with Crippen molar-refractivity contribution in [1.82, 2.24) is 0 Å². The zero-order chi connectivity index (χ0) is 9.14. The molecule has 1 nitrogen and oxygen atoms in total. The number of nitriles is 1. The largest absolute Gasteiger partial charge is 0.206 e. The van der Waals surface area contributed by atoms with Crippen LogP contribution in [-0.4, -0.2) is 0 Å². The van der Waals surface area contributed by atoms with Crippen LogP contribution >= 0.6 is 38.5 Å². The molecule has 0 aliphatic heterocycles. The van der Waals surface area contributed by atoms with Crippen LogP contribution < -0.4 is 0 Å².